The summed E-state index contributed by atoms with van der Waals surface area (Å²) in [6.07, 6.45) is 0.189. The van der Waals surface area contributed by atoms with E-state index in [1.54, 1.807) is 25.1 Å². The number of benzene rings is 1. The van der Waals surface area contributed by atoms with Gasteiger partial charge in [-0.3, -0.25) is 4.79 Å². The zero-order chi connectivity index (χ0) is 13.5. The van der Waals surface area contributed by atoms with E-state index < -0.39 is 5.97 Å². The minimum atomic E-state index is -0.422. The van der Waals surface area contributed by atoms with E-state index in [0.717, 1.165) is 0 Å². The van der Waals surface area contributed by atoms with Gasteiger partial charge in [-0.2, -0.15) is 0 Å². The molecule has 0 radical (unpaired) electrons. The molecule has 0 atom stereocenters. The molecule has 1 aromatic carbocycles. The zero-order valence-corrected chi connectivity index (χ0v) is 11.7. The first-order valence-electron chi connectivity index (χ1n) is 5.59. The van der Waals surface area contributed by atoms with Crippen LogP contribution in [-0.2, 0) is 22.6 Å². The third-order valence-electron chi connectivity index (χ3n) is 2.42. The highest BCUT2D eigenvalue weighted by Gasteiger charge is 2.12. The highest BCUT2D eigenvalue weighted by Crippen LogP contribution is 2.15. The van der Waals surface area contributed by atoms with Crippen LogP contribution < -0.4 is 0 Å². The lowest BCUT2D eigenvalue weighted by Crippen LogP contribution is -2.10. The van der Waals surface area contributed by atoms with Gasteiger partial charge < -0.3 is 9.84 Å². The van der Waals surface area contributed by atoms with Gasteiger partial charge in [-0.25, -0.2) is 4.79 Å². The fourth-order valence-electron chi connectivity index (χ4n) is 1.55. The molecule has 4 nitrogen and oxygen atoms in total. The Morgan fingerprint density at radius 3 is 2.61 bits per heavy atom. The van der Waals surface area contributed by atoms with Gasteiger partial charge in [0.15, 0.2) is 0 Å². The van der Waals surface area contributed by atoms with Crippen LogP contribution >= 0.6 is 15.9 Å². The predicted octanol–water partition coefficient (Wildman–Crippen LogP) is 1.86. The van der Waals surface area contributed by atoms with Crippen molar-refractivity contribution in [3.8, 4) is 0 Å². The smallest absolute Gasteiger partial charge is 0.338 e. The van der Waals surface area contributed by atoms with Gasteiger partial charge in [0.05, 0.1) is 24.1 Å². The van der Waals surface area contributed by atoms with Gasteiger partial charge in [0, 0.05) is 6.42 Å². The van der Waals surface area contributed by atoms with Crippen molar-refractivity contribution < 1.29 is 19.4 Å². The fraction of sp³-hybridized carbons (Fsp3) is 0.385. The molecule has 0 spiro atoms. The van der Waals surface area contributed by atoms with Crippen molar-refractivity contribution in [3.05, 3.63) is 34.9 Å². The van der Waals surface area contributed by atoms with Gasteiger partial charge in [0.2, 0.25) is 0 Å². The molecule has 0 unspecified atom stereocenters. The summed E-state index contributed by atoms with van der Waals surface area (Å²) in [5.74, 6) is -0.430. The topological polar surface area (TPSA) is 63.6 Å². The van der Waals surface area contributed by atoms with Crippen molar-refractivity contribution in [2.24, 2.45) is 0 Å². The van der Waals surface area contributed by atoms with Crippen LogP contribution in [0.5, 0.6) is 0 Å². The Balaban J connectivity index is 3.01. The van der Waals surface area contributed by atoms with Crippen LogP contribution in [-0.4, -0.2) is 28.8 Å². The molecule has 5 heteroatoms. The Labute approximate surface area is 114 Å². The highest BCUT2D eigenvalue weighted by molar-refractivity contribution is 9.09. The lowest BCUT2D eigenvalue weighted by molar-refractivity contribution is -0.115. The molecule has 0 bridgehead atoms. The van der Waals surface area contributed by atoms with Gasteiger partial charge in [-0.15, -0.1) is 0 Å². The van der Waals surface area contributed by atoms with Crippen molar-refractivity contribution in [1.29, 1.82) is 0 Å². The highest BCUT2D eigenvalue weighted by atomic mass is 79.9. The largest absolute Gasteiger partial charge is 0.462 e. The number of hydrogen-bond donors (Lipinski definition) is 1. The van der Waals surface area contributed by atoms with Crippen molar-refractivity contribution in [2.45, 2.75) is 20.0 Å². The van der Waals surface area contributed by atoms with Gasteiger partial charge in [0.25, 0.3) is 0 Å². The number of hydrogen-bond acceptors (Lipinski definition) is 4. The maximum absolute atomic E-state index is 11.6. The fourth-order valence-corrected chi connectivity index (χ4v) is 1.74. The number of esters is 1. The molecule has 0 amide bonds. The molecular weight excluding hydrogens is 300 g/mol. The number of Topliss-reactive ketones (excluding diaryl/α,β-unsaturated/α-hetero) is 1. The number of ether oxygens (including phenoxy) is 1. The molecule has 0 aliphatic heterocycles. The molecule has 0 aliphatic rings. The predicted molar refractivity (Wildman–Crippen MR) is 70.8 cm³/mol. The van der Waals surface area contributed by atoms with Gasteiger partial charge in [0.1, 0.15) is 5.78 Å². The van der Waals surface area contributed by atoms with E-state index in [1.165, 1.54) is 0 Å². The first kappa shape index (κ1) is 14.9. The van der Waals surface area contributed by atoms with E-state index in [-0.39, 0.29) is 24.1 Å². The minimum Gasteiger partial charge on any atom is -0.462 e. The number of carbonyl (C=O) groups excluding carboxylic acids is 2. The summed E-state index contributed by atoms with van der Waals surface area (Å²) in [6.45, 7) is 1.87. The van der Waals surface area contributed by atoms with Crippen LogP contribution in [0.3, 0.4) is 0 Å². The average Bonchev–Trinajstić information content (AvgIpc) is 2.38. The monoisotopic (exact) mass is 314 g/mol. The van der Waals surface area contributed by atoms with Crippen LogP contribution in [0, 0.1) is 0 Å². The van der Waals surface area contributed by atoms with E-state index >= 15 is 0 Å². The van der Waals surface area contributed by atoms with Crippen molar-refractivity contribution in [1.82, 2.24) is 0 Å². The second kappa shape index (κ2) is 7.28. The lowest BCUT2D eigenvalue weighted by atomic mass is 10.00. The van der Waals surface area contributed by atoms with Crippen molar-refractivity contribution >= 4 is 27.7 Å². The minimum absolute atomic E-state index is 0.00860. The lowest BCUT2D eigenvalue weighted by Gasteiger charge is -2.09. The van der Waals surface area contributed by atoms with Crippen LogP contribution in [0.1, 0.15) is 28.4 Å². The summed E-state index contributed by atoms with van der Waals surface area (Å²) in [5, 5.41) is 9.45. The molecule has 0 aliphatic carbocycles. The number of carbonyl (C=O) groups is 2. The first-order chi connectivity index (χ1) is 8.62. The summed E-state index contributed by atoms with van der Waals surface area (Å²) in [4.78, 5) is 23.0. The van der Waals surface area contributed by atoms with Crippen molar-refractivity contribution in [3.63, 3.8) is 0 Å². The number of ketones is 1. The summed E-state index contributed by atoms with van der Waals surface area (Å²) >= 11 is 3.09. The maximum atomic E-state index is 11.6. The third-order valence-corrected chi connectivity index (χ3v) is 3.05. The maximum Gasteiger partial charge on any atom is 0.338 e. The SMILES string of the molecule is CCOC(=O)c1ccc(CO)c(CC(=O)CBr)c1. The van der Waals surface area contributed by atoms with Crippen LogP contribution in [0.15, 0.2) is 18.2 Å². The molecule has 0 saturated heterocycles. The number of aliphatic hydroxyl groups excluding tert-OH is 1. The summed E-state index contributed by atoms with van der Waals surface area (Å²) < 4.78 is 4.89. The summed E-state index contributed by atoms with van der Waals surface area (Å²) in [5.41, 5.74) is 1.70. The molecule has 0 heterocycles. The van der Waals surface area contributed by atoms with Crippen LogP contribution in [0.25, 0.3) is 0 Å². The Bertz CT molecular complexity index is 443. The normalized spacial score (nSPS) is 10.2. The van der Waals surface area contributed by atoms with E-state index in [4.69, 9.17) is 4.74 Å². The summed E-state index contributed by atoms with van der Waals surface area (Å²) in [6, 6.07) is 4.83. The number of halogens is 1. The van der Waals surface area contributed by atoms with Gasteiger partial charge in [-0.1, -0.05) is 22.0 Å². The van der Waals surface area contributed by atoms with E-state index in [1.807, 2.05) is 0 Å². The van der Waals surface area contributed by atoms with E-state index in [9.17, 15) is 14.7 Å². The van der Waals surface area contributed by atoms with Crippen molar-refractivity contribution in [2.75, 3.05) is 11.9 Å². The first-order valence-corrected chi connectivity index (χ1v) is 6.72. The standard InChI is InChI=1S/C13H15BrO4/c1-2-18-13(17)9-3-4-10(8-15)11(5-9)6-12(16)7-14/h3-5,15H,2,6-8H2,1H3. The molecule has 98 valence electrons. The van der Waals surface area contributed by atoms with Crippen LogP contribution in [0.2, 0.25) is 0 Å². The van der Waals surface area contributed by atoms with E-state index in [2.05, 4.69) is 15.9 Å². The molecule has 18 heavy (non-hydrogen) atoms. The quantitative estimate of drug-likeness (QED) is 0.643. The van der Waals surface area contributed by atoms with Crippen LogP contribution in [0.4, 0.5) is 0 Å². The molecule has 0 aromatic heterocycles. The number of alkyl halides is 1. The van der Waals surface area contributed by atoms with E-state index in [0.29, 0.717) is 23.3 Å². The Hall–Kier alpha value is -1.20. The second-order valence-electron chi connectivity index (χ2n) is 3.71. The Morgan fingerprint density at radius 2 is 2.06 bits per heavy atom. The number of rotatable bonds is 6. The van der Waals surface area contributed by atoms with Gasteiger partial charge >= 0.3 is 5.97 Å². The Kier molecular flexibility index (Phi) is 6.01. The molecule has 1 rings (SSSR count). The zero-order valence-electron chi connectivity index (χ0n) is 10.1. The molecule has 0 saturated carbocycles. The number of aliphatic hydroxyl groups is 1. The third kappa shape index (κ3) is 3.92. The molecular formula is C13H15BrO4. The molecule has 1 aromatic rings. The van der Waals surface area contributed by atoms with Gasteiger partial charge in [-0.05, 0) is 30.2 Å². The average molecular weight is 315 g/mol. The molecule has 1 N–H and O–H groups in total. The summed E-state index contributed by atoms with van der Waals surface area (Å²) in [7, 11) is 0. The molecule has 0 fully saturated rings. The Morgan fingerprint density at radius 1 is 1.33 bits per heavy atom. The second-order valence-corrected chi connectivity index (χ2v) is 4.27.